The first-order valence-electron chi connectivity index (χ1n) is 13.8. The van der Waals surface area contributed by atoms with Gasteiger partial charge in [0.15, 0.2) is 0 Å². The van der Waals surface area contributed by atoms with Crippen molar-refractivity contribution >= 4 is 35.5 Å². The Morgan fingerprint density at radius 3 is 1.98 bits per heavy atom. The summed E-state index contributed by atoms with van der Waals surface area (Å²) in [5.41, 5.74) is 6.47. The maximum atomic E-state index is 12.6. The Labute approximate surface area is 261 Å². The van der Waals surface area contributed by atoms with Crippen molar-refractivity contribution in [2.24, 2.45) is 5.92 Å². The van der Waals surface area contributed by atoms with E-state index in [4.69, 9.17) is 19.8 Å². The second-order valence-electron chi connectivity index (χ2n) is 10.1. The number of carbonyl (C=O) groups is 4. The molecule has 9 heteroatoms. The van der Waals surface area contributed by atoms with Crippen molar-refractivity contribution in [1.82, 2.24) is 0 Å². The molecule has 224 valence electrons. The maximum absolute atomic E-state index is 12.6. The predicted molar refractivity (Wildman–Crippen MR) is 155 cm³/mol. The number of aldehydes is 1. The van der Waals surface area contributed by atoms with Gasteiger partial charge in [0.2, 0.25) is 5.91 Å². The average molecular weight is 663 g/mol. The van der Waals surface area contributed by atoms with Crippen LogP contribution in [0.4, 0.5) is 11.4 Å². The molecule has 0 N–H and O–H groups in total. The van der Waals surface area contributed by atoms with Crippen LogP contribution in [0.25, 0.3) is 11.1 Å². The molecule has 3 aromatic rings. The molecular formula is C33H36N2O6Pd. The fourth-order valence-electron chi connectivity index (χ4n) is 5.26. The van der Waals surface area contributed by atoms with Crippen LogP contribution in [0.5, 0.6) is 0 Å². The number of piperidine rings is 1. The average Bonchev–Trinajstić information content (AvgIpc) is 2.96. The molecule has 5 rings (SSSR count). The number of nitrogens with zero attached hydrogens (tertiary/aromatic N) is 2. The number of anilines is 2. The van der Waals surface area contributed by atoms with Crippen molar-refractivity contribution in [2.75, 3.05) is 29.4 Å². The maximum Gasteiger partial charge on any atom is 2.00 e. The van der Waals surface area contributed by atoms with Crippen molar-refractivity contribution < 1.29 is 49.8 Å². The third-order valence-corrected chi connectivity index (χ3v) is 7.21. The van der Waals surface area contributed by atoms with Gasteiger partial charge in [-0.25, -0.2) is 0 Å². The molecule has 2 aliphatic heterocycles. The van der Waals surface area contributed by atoms with Gasteiger partial charge in [0.1, 0.15) is 6.29 Å². The quantitative estimate of drug-likeness (QED) is 0.294. The van der Waals surface area contributed by atoms with E-state index in [0.29, 0.717) is 18.8 Å². The summed E-state index contributed by atoms with van der Waals surface area (Å²) in [5, 5.41) is 17.8. The number of carboxylic acids is 2. The van der Waals surface area contributed by atoms with Gasteiger partial charge in [0.25, 0.3) is 0 Å². The van der Waals surface area contributed by atoms with Gasteiger partial charge >= 0.3 is 20.4 Å². The Morgan fingerprint density at radius 1 is 0.833 bits per heavy atom. The molecule has 0 aliphatic carbocycles. The Balaban J connectivity index is 0.000000612. The van der Waals surface area contributed by atoms with E-state index in [0.717, 1.165) is 75.8 Å². The second-order valence-corrected chi connectivity index (χ2v) is 10.1. The summed E-state index contributed by atoms with van der Waals surface area (Å²) < 4.78 is 0. The zero-order chi connectivity index (χ0) is 29.8. The van der Waals surface area contributed by atoms with Crippen LogP contribution >= 0.6 is 0 Å². The molecule has 0 aromatic heterocycles. The topological polar surface area (TPSA) is 121 Å². The number of benzene rings is 3. The molecule has 1 fully saturated rings. The minimum atomic E-state index is -1.08. The van der Waals surface area contributed by atoms with Gasteiger partial charge in [0, 0.05) is 54.9 Å². The largest absolute Gasteiger partial charge is 2.00 e. The number of fused-ring (bicyclic) bond motifs is 1. The molecule has 0 atom stereocenters. The molecule has 0 bridgehead atoms. The molecule has 2 aliphatic rings. The number of rotatable bonds is 6. The van der Waals surface area contributed by atoms with Gasteiger partial charge in [-0.1, -0.05) is 54.6 Å². The Morgan fingerprint density at radius 2 is 1.40 bits per heavy atom. The summed E-state index contributed by atoms with van der Waals surface area (Å²) in [4.78, 5) is 46.2. The summed E-state index contributed by atoms with van der Waals surface area (Å²) in [6.07, 6.45) is 5.37. The number of hydrogen-bond acceptors (Lipinski definition) is 7. The van der Waals surface area contributed by atoms with Crippen LogP contribution in [0.1, 0.15) is 55.5 Å². The molecule has 3 aromatic carbocycles. The monoisotopic (exact) mass is 662 g/mol. The second kappa shape index (κ2) is 17.2. The molecule has 1 saturated heterocycles. The molecule has 42 heavy (non-hydrogen) atoms. The molecule has 2 heterocycles. The van der Waals surface area contributed by atoms with Gasteiger partial charge in [-0.2, -0.15) is 0 Å². The number of carboxylic acid groups (broad SMARTS) is 2. The van der Waals surface area contributed by atoms with E-state index < -0.39 is 11.9 Å². The minimum absolute atomic E-state index is 0. The summed E-state index contributed by atoms with van der Waals surface area (Å²) in [6, 6.07) is 25.1. The van der Waals surface area contributed by atoms with E-state index in [1.165, 1.54) is 16.8 Å². The first-order chi connectivity index (χ1) is 19.7. The van der Waals surface area contributed by atoms with E-state index in [-0.39, 0.29) is 26.3 Å². The molecule has 0 unspecified atom stereocenters. The van der Waals surface area contributed by atoms with E-state index in [1.807, 2.05) is 29.2 Å². The van der Waals surface area contributed by atoms with Crippen molar-refractivity contribution in [1.29, 1.82) is 0 Å². The zero-order valence-electron chi connectivity index (χ0n) is 23.9. The molecule has 0 radical (unpaired) electrons. The SMILES string of the molecule is CC(=O)[O-].CC(=O)[O-].O=Cc1cccc2c1CCC(=O)N2CCC1CCN(c2ccc(-c3ccccc3)cc2)CC1.[Pd+2]. The summed E-state index contributed by atoms with van der Waals surface area (Å²) in [7, 11) is 0. The van der Waals surface area contributed by atoms with Crippen LogP contribution in [0.2, 0.25) is 0 Å². The van der Waals surface area contributed by atoms with E-state index in [2.05, 4.69) is 53.4 Å². The Kier molecular flexibility index (Phi) is 14.1. The number of aliphatic carboxylic acids is 2. The molecular weight excluding hydrogens is 627 g/mol. The van der Waals surface area contributed by atoms with Crippen molar-refractivity contribution in [3.8, 4) is 11.1 Å². The zero-order valence-corrected chi connectivity index (χ0v) is 25.5. The Bertz CT molecular complexity index is 1300. The fraction of sp³-hybridized carbons (Fsp3) is 0.333. The molecule has 8 nitrogen and oxygen atoms in total. The third kappa shape index (κ3) is 10.2. The van der Waals surface area contributed by atoms with Crippen LogP contribution in [-0.4, -0.2) is 43.8 Å². The smallest absolute Gasteiger partial charge is 0.550 e. The molecule has 0 spiro atoms. The van der Waals surface area contributed by atoms with Crippen LogP contribution in [0, 0.1) is 5.92 Å². The van der Waals surface area contributed by atoms with Crippen molar-refractivity contribution in [3.63, 3.8) is 0 Å². The molecule has 0 saturated carbocycles. The van der Waals surface area contributed by atoms with E-state index in [1.54, 1.807) is 0 Å². The predicted octanol–water partition coefficient (Wildman–Crippen LogP) is 3.26. The molecule has 1 amide bonds. The minimum Gasteiger partial charge on any atom is -0.550 e. The van der Waals surface area contributed by atoms with E-state index >= 15 is 0 Å². The fourth-order valence-corrected chi connectivity index (χ4v) is 5.26. The summed E-state index contributed by atoms with van der Waals surface area (Å²) in [6.45, 7) is 4.79. The normalized spacial score (nSPS) is 14.2. The number of amides is 1. The number of carbonyl (C=O) groups excluding carboxylic acids is 4. The van der Waals surface area contributed by atoms with Gasteiger partial charge in [-0.05, 0) is 80.3 Å². The Hall–Kier alpha value is -3.80. The first-order valence-corrected chi connectivity index (χ1v) is 13.8. The van der Waals surface area contributed by atoms with Crippen LogP contribution in [0.3, 0.4) is 0 Å². The standard InChI is InChI=1S/C29H30N2O2.2C2H4O2.Pd/c32-21-25-7-4-8-28-27(25)13-14-29(33)31(28)20-17-22-15-18-30(19-16-22)26-11-9-24(10-12-26)23-5-2-1-3-6-23;2*1-2(3)4;/h1-12,21-22H,13-20H2;2*1H3,(H,3,4);/q;;;+2/p-2. The summed E-state index contributed by atoms with van der Waals surface area (Å²) >= 11 is 0. The number of hydrogen-bond donors (Lipinski definition) is 0. The van der Waals surface area contributed by atoms with Crippen LogP contribution < -0.4 is 20.0 Å². The van der Waals surface area contributed by atoms with E-state index in [9.17, 15) is 9.59 Å². The van der Waals surface area contributed by atoms with Gasteiger partial charge in [-0.3, -0.25) is 9.59 Å². The van der Waals surface area contributed by atoms with Gasteiger partial charge in [-0.15, -0.1) is 0 Å². The summed E-state index contributed by atoms with van der Waals surface area (Å²) in [5.74, 6) is -1.36. The van der Waals surface area contributed by atoms with Gasteiger partial charge in [0.05, 0.1) is 0 Å². The van der Waals surface area contributed by atoms with Crippen molar-refractivity contribution in [2.45, 2.75) is 46.0 Å². The third-order valence-electron chi connectivity index (χ3n) is 7.21. The van der Waals surface area contributed by atoms with Crippen molar-refractivity contribution in [3.05, 3.63) is 83.9 Å². The van der Waals surface area contributed by atoms with Crippen LogP contribution in [0.15, 0.2) is 72.8 Å². The van der Waals surface area contributed by atoms with Crippen LogP contribution in [-0.2, 0) is 41.2 Å². The van der Waals surface area contributed by atoms with Gasteiger partial charge < -0.3 is 29.6 Å². The first kappa shape index (κ1) is 34.4.